The van der Waals surface area contributed by atoms with E-state index in [0.717, 1.165) is 0 Å². The van der Waals surface area contributed by atoms with Gasteiger partial charge >= 0.3 is 6.61 Å². The quantitative estimate of drug-likeness (QED) is 0.783. The molecule has 0 saturated heterocycles. The molecule has 0 fully saturated rings. The van der Waals surface area contributed by atoms with Gasteiger partial charge in [-0.2, -0.15) is 8.78 Å². The lowest BCUT2D eigenvalue weighted by Crippen LogP contribution is -2.02. The van der Waals surface area contributed by atoms with E-state index in [-0.39, 0.29) is 10.4 Å². The van der Waals surface area contributed by atoms with Gasteiger partial charge < -0.3 is 4.74 Å². The summed E-state index contributed by atoms with van der Waals surface area (Å²) < 4.78 is 28.4. The van der Waals surface area contributed by atoms with Gasteiger partial charge in [-0.1, -0.05) is 0 Å². The minimum atomic E-state index is -2.83. The number of pyridine rings is 1. The number of nitrogens with zero attached hydrogens (tertiary/aromatic N) is 1. The van der Waals surface area contributed by atoms with Crippen molar-refractivity contribution in [2.75, 3.05) is 0 Å². The molecule has 0 N–H and O–H groups in total. The molecule has 0 aliphatic rings. The maximum atomic E-state index is 11.7. The SMILES string of the molecule is FC(F)Oc1ccc(Br)nc1Br. The predicted octanol–water partition coefficient (Wildman–Crippen LogP) is 3.21. The Morgan fingerprint density at radius 3 is 2.50 bits per heavy atom. The van der Waals surface area contributed by atoms with Crippen molar-refractivity contribution in [1.82, 2.24) is 4.98 Å². The minimum Gasteiger partial charge on any atom is -0.432 e. The summed E-state index contributed by atoms with van der Waals surface area (Å²) in [6.45, 7) is -2.83. The van der Waals surface area contributed by atoms with Crippen LogP contribution in [0.1, 0.15) is 0 Å². The summed E-state index contributed by atoms with van der Waals surface area (Å²) in [5.74, 6) is 0.0215. The van der Waals surface area contributed by atoms with Gasteiger partial charge in [-0.15, -0.1) is 0 Å². The average Bonchev–Trinajstić information content (AvgIpc) is 1.94. The third-order valence-electron chi connectivity index (χ3n) is 0.997. The Kier molecular flexibility index (Phi) is 3.39. The zero-order valence-corrected chi connectivity index (χ0v) is 8.77. The van der Waals surface area contributed by atoms with E-state index < -0.39 is 6.61 Å². The smallest absolute Gasteiger partial charge is 0.387 e. The van der Waals surface area contributed by atoms with Gasteiger partial charge in [-0.3, -0.25) is 0 Å². The number of hydrogen-bond acceptors (Lipinski definition) is 2. The average molecular weight is 303 g/mol. The van der Waals surface area contributed by atoms with Gasteiger partial charge in [0.05, 0.1) is 0 Å². The highest BCUT2D eigenvalue weighted by Crippen LogP contribution is 2.25. The maximum Gasteiger partial charge on any atom is 0.387 e. The fourth-order valence-electron chi connectivity index (χ4n) is 0.583. The standard InChI is InChI=1S/C6H3Br2F2NO/c7-4-2-1-3(5(8)11-4)12-6(9)10/h1-2,6H. The summed E-state index contributed by atoms with van der Waals surface area (Å²) in [4.78, 5) is 3.80. The van der Waals surface area contributed by atoms with Crippen LogP contribution in [0.5, 0.6) is 5.75 Å². The minimum absolute atomic E-state index is 0.0215. The van der Waals surface area contributed by atoms with E-state index >= 15 is 0 Å². The van der Waals surface area contributed by atoms with E-state index in [4.69, 9.17) is 0 Å². The maximum absolute atomic E-state index is 11.7. The Bertz CT molecular complexity index is 282. The largest absolute Gasteiger partial charge is 0.432 e. The first-order valence-corrected chi connectivity index (χ1v) is 4.45. The molecule has 0 aliphatic heterocycles. The van der Waals surface area contributed by atoms with Crippen LogP contribution in [-0.2, 0) is 0 Å². The van der Waals surface area contributed by atoms with Crippen molar-refractivity contribution in [2.45, 2.75) is 6.61 Å². The lowest BCUT2D eigenvalue weighted by Gasteiger charge is -2.05. The monoisotopic (exact) mass is 301 g/mol. The van der Waals surface area contributed by atoms with Crippen LogP contribution in [0.2, 0.25) is 0 Å². The summed E-state index contributed by atoms with van der Waals surface area (Å²) in [5, 5.41) is 0. The molecule has 0 atom stereocenters. The number of alkyl halides is 2. The number of aromatic nitrogens is 1. The third kappa shape index (κ3) is 2.67. The fraction of sp³-hybridized carbons (Fsp3) is 0.167. The molecule has 0 saturated carbocycles. The lowest BCUT2D eigenvalue weighted by molar-refractivity contribution is -0.0506. The Labute approximate surface area is 84.2 Å². The van der Waals surface area contributed by atoms with E-state index in [1.165, 1.54) is 12.1 Å². The molecule has 0 amide bonds. The van der Waals surface area contributed by atoms with Gasteiger partial charge in [0.15, 0.2) is 5.75 Å². The second-order valence-electron chi connectivity index (χ2n) is 1.80. The first-order chi connectivity index (χ1) is 5.59. The van der Waals surface area contributed by atoms with Crippen molar-refractivity contribution < 1.29 is 13.5 Å². The molecule has 0 aliphatic carbocycles. The van der Waals surface area contributed by atoms with Gasteiger partial charge in [0.2, 0.25) is 0 Å². The van der Waals surface area contributed by atoms with Crippen molar-refractivity contribution in [3.05, 3.63) is 21.3 Å². The van der Waals surface area contributed by atoms with E-state index in [1.807, 2.05) is 0 Å². The molecule has 1 heterocycles. The molecule has 2 nitrogen and oxygen atoms in total. The van der Waals surface area contributed by atoms with Crippen LogP contribution in [0.15, 0.2) is 21.3 Å². The molecule has 1 aromatic rings. The summed E-state index contributed by atoms with van der Waals surface area (Å²) in [7, 11) is 0. The van der Waals surface area contributed by atoms with Crippen molar-refractivity contribution in [2.24, 2.45) is 0 Å². The molecular weight excluding hydrogens is 300 g/mol. The molecule has 0 bridgehead atoms. The van der Waals surface area contributed by atoms with Crippen LogP contribution in [0.25, 0.3) is 0 Å². The third-order valence-corrected chi connectivity index (χ3v) is 2.01. The summed E-state index contributed by atoms with van der Waals surface area (Å²) in [5.41, 5.74) is 0. The highest BCUT2D eigenvalue weighted by atomic mass is 79.9. The summed E-state index contributed by atoms with van der Waals surface area (Å²) in [6, 6.07) is 2.91. The first kappa shape index (κ1) is 9.85. The second kappa shape index (κ2) is 4.13. The molecule has 0 unspecified atom stereocenters. The number of halogens is 4. The summed E-state index contributed by atoms with van der Waals surface area (Å²) >= 11 is 6.05. The molecule has 12 heavy (non-hydrogen) atoms. The van der Waals surface area contributed by atoms with Crippen LogP contribution < -0.4 is 4.74 Å². The topological polar surface area (TPSA) is 22.1 Å². The van der Waals surface area contributed by atoms with Gasteiger partial charge in [-0.25, -0.2) is 4.98 Å². The second-order valence-corrected chi connectivity index (χ2v) is 3.37. The molecule has 1 rings (SSSR count). The zero-order valence-electron chi connectivity index (χ0n) is 5.60. The molecule has 1 aromatic heterocycles. The lowest BCUT2D eigenvalue weighted by atomic mass is 10.5. The molecular formula is C6H3Br2F2NO. The van der Waals surface area contributed by atoms with Gasteiger partial charge in [0.25, 0.3) is 0 Å². The Morgan fingerprint density at radius 1 is 1.33 bits per heavy atom. The van der Waals surface area contributed by atoms with Crippen LogP contribution in [-0.4, -0.2) is 11.6 Å². The molecule has 0 spiro atoms. The van der Waals surface area contributed by atoms with E-state index in [9.17, 15) is 8.78 Å². The summed E-state index contributed by atoms with van der Waals surface area (Å²) in [6.07, 6.45) is 0. The fourth-order valence-corrected chi connectivity index (χ4v) is 1.55. The number of ether oxygens (including phenoxy) is 1. The van der Waals surface area contributed by atoms with Crippen molar-refractivity contribution in [1.29, 1.82) is 0 Å². The van der Waals surface area contributed by atoms with Crippen LogP contribution >= 0.6 is 31.9 Å². The van der Waals surface area contributed by atoms with Crippen LogP contribution in [0.3, 0.4) is 0 Å². The van der Waals surface area contributed by atoms with E-state index in [0.29, 0.717) is 4.60 Å². The molecule has 66 valence electrons. The van der Waals surface area contributed by atoms with Gasteiger partial charge in [-0.05, 0) is 44.0 Å². The van der Waals surface area contributed by atoms with Crippen LogP contribution in [0, 0.1) is 0 Å². The normalized spacial score (nSPS) is 10.4. The zero-order chi connectivity index (χ0) is 9.14. The highest BCUT2D eigenvalue weighted by molar-refractivity contribution is 9.11. The van der Waals surface area contributed by atoms with E-state index in [1.54, 1.807) is 0 Å². The Hall–Kier alpha value is -0.230. The Morgan fingerprint density at radius 2 is 2.00 bits per heavy atom. The molecule has 0 radical (unpaired) electrons. The molecule has 6 heteroatoms. The van der Waals surface area contributed by atoms with Gasteiger partial charge in [0, 0.05) is 0 Å². The number of rotatable bonds is 2. The van der Waals surface area contributed by atoms with Gasteiger partial charge in [0.1, 0.15) is 9.21 Å². The number of hydrogen-bond donors (Lipinski definition) is 0. The van der Waals surface area contributed by atoms with Crippen molar-refractivity contribution >= 4 is 31.9 Å². The molecule has 0 aromatic carbocycles. The highest BCUT2D eigenvalue weighted by Gasteiger charge is 2.08. The van der Waals surface area contributed by atoms with Crippen molar-refractivity contribution in [3.8, 4) is 5.75 Å². The first-order valence-electron chi connectivity index (χ1n) is 2.86. The van der Waals surface area contributed by atoms with E-state index in [2.05, 4.69) is 41.6 Å². The van der Waals surface area contributed by atoms with Crippen LogP contribution in [0.4, 0.5) is 8.78 Å². The Balaban J connectivity index is 2.86. The van der Waals surface area contributed by atoms with Crippen molar-refractivity contribution in [3.63, 3.8) is 0 Å². The predicted molar refractivity (Wildman–Crippen MR) is 46.3 cm³/mol.